The third kappa shape index (κ3) is 9.36. The van der Waals surface area contributed by atoms with E-state index in [0.717, 1.165) is 0 Å². The number of hydrogen-bond donors (Lipinski definition) is 7. The number of carboxylic acid groups (broad SMARTS) is 1. The summed E-state index contributed by atoms with van der Waals surface area (Å²) in [6, 6.07) is -1.97. The molecule has 0 saturated heterocycles. The first kappa shape index (κ1) is 28.9. The average molecular weight is 474 g/mol. The van der Waals surface area contributed by atoms with Gasteiger partial charge >= 0.3 is 18.1 Å². The summed E-state index contributed by atoms with van der Waals surface area (Å²) in [4.78, 5) is 36.3. The number of nitrogens with zero attached hydrogens (tertiary/aromatic N) is 1. The Morgan fingerprint density at radius 2 is 1.84 bits per heavy atom. The third-order valence-corrected chi connectivity index (χ3v) is 3.61. The number of halogens is 3. The van der Waals surface area contributed by atoms with Gasteiger partial charge in [-0.15, -0.1) is 0 Å². The minimum atomic E-state index is -5.08. The molecule has 16 heteroatoms. The highest BCUT2D eigenvalue weighted by Gasteiger charge is 2.44. The first-order valence-corrected chi connectivity index (χ1v) is 8.84. The van der Waals surface area contributed by atoms with Crippen LogP contribution in [0.25, 0.3) is 0 Å². The molecule has 0 aliphatic carbocycles. The van der Waals surface area contributed by atoms with Crippen LogP contribution in [0.4, 0.5) is 13.2 Å². The van der Waals surface area contributed by atoms with Gasteiger partial charge in [-0.2, -0.15) is 13.2 Å². The maximum atomic E-state index is 12.0. The Morgan fingerprint density at radius 3 is 2.22 bits per heavy atom. The molecule has 1 rings (SSSR count). The number of nitrogens with one attached hydrogen (secondary N) is 1. The fourth-order valence-electron chi connectivity index (χ4n) is 2.33. The van der Waals surface area contributed by atoms with Crippen molar-refractivity contribution in [3.05, 3.63) is 11.8 Å². The topological polar surface area (TPSA) is 227 Å². The number of carbonyl (C=O) groups excluding carboxylic acids is 2. The number of aliphatic imine (C=N–C) groups is 1. The number of amides is 1. The van der Waals surface area contributed by atoms with Crippen LogP contribution in [-0.4, -0.2) is 94.0 Å². The number of guanidine groups is 1. The molecule has 1 aliphatic rings. The van der Waals surface area contributed by atoms with E-state index in [4.69, 9.17) is 35.9 Å². The molecule has 0 radical (unpaired) electrons. The zero-order chi connectivity index (χ0) is 25.2. The molecule has 5 atom stereocenters. The molecular weight excluding hydrogens is 449 g/mol. The summed E-state index contributed by atoms with van der Waals surface area (Å²) < 4.78 is 42.0. The number of ether oxygens (including phenoxy) is 2. The Bertz CT molecular complexity index is 726. The molecule has 184 valence electrons. The molecule has 1 amide bonds. The molecule has 0 aromatic heterocycles. The highest BCUT2D eigenvalue weighted by Crippen LogP contribution is 2.25. The largest absolute Gasteiger partial charge is 0.490 e. The van der Waals surface area contributed by atoms with E-state index in [1.807, 2.05) is 0 Å². The molecule has 13 nitrogen and oxygen atoms in total. The Hall–Kier alpha value is -3.11. The van der Waals surface area contributed by atoms with Gasteiger partial charge in [0.15, 0.2) is 5.96 Å². The number of aliphatic carboxylic acids is 1. The van der Waals surface area contributed by atoms with Gasteiger partial charge in [0.25, 0.3) is 0 Å². The molecule has 0 unspecified atom stereocenters. The van der Waals surface area contributed by atoms with Gasteiger partial charge in [-0.1, -0.05) is 0 Å². The maximum Gasteiger partial charge on any atom is 0.490 e. The fourth-order valence-corrected chi connectivity index (χ4v) is 2.33. The van der Waals surface area contributed by atoms with Crippen molar-refractivity contribution in [3.8, 4) is 0 Å². The molecule has 32 heavy (non-hydrogen) atoms. The third-order valence-electron chi connectivity index (χ3n) is 3.61. The fraction of sp³-hybridized carbons (Fsp3) is 0.625. The van der Waals surface area contributed by atoms with Crippen molar-refractivity contribution in [2.45, 2.75) is 50.4 Å². The van der Waals surface area contributed by atoms with Gasteiger partial charge in [-0.25, -0.2) is 14.6 Å². The average Bonchev–Trinajstić information content (AvgIpc) is 2.67. The molecule has 1 heterocycles. The van der Waals surface area contributed by atoms with Crippen LogP contribution in [0.1, 0.15) is 13.8 Å². The van der Waals surface area contributed by atoms with Crippen LogP contribution < -0.4 is 16.8 Å². The molecule has 0 spiro atoms. The Labute approximate surface area is 179 Å². The number of esters is 1. The van der Waals surface area contributed by atoms with E-state index in [2.05, 4.69) is 10.3 Å². The van der Waals surface area contributed by atoms with Crippen LogP contribution in [0.5, 0.6) is 0 Å². The summed E-state index contributed by atoms with van der Waals surface area (Å²) in [6.45, 7) is 2.13. The molecule has 0 fully saturated rings. The van der Waals surface area contributed by atoms with Crippen LogP contribution in [0.15, 0.2) is 16.8 Å². The summed E-state index contributed by atoms with van der Waals surface area (Å²) in [7, 11) is 0. The number of aliphatic hydroxyl groups is 3. The van der Waals surface area contributed by atoms with Crippen molar-refractivity contribution in [1.29, 1.82) is 0 Å². The standard InChI is InChI=1S/C14H24N4O7.C2HF3O2/c1-3-24-13(23)9-4-7(18-14(15)16)10(17-6(2)20)12(25-9)11(22)8(21)5-19;3-2(4,5)1(6)7/h4,7-8,10-12,19,21-22H,3,5H2,1-2H3,(H,17,20)(H4,15,16,18);(H,6,7)/t7-,8+,10+,11+,12+;/m0./s1. The second-order valence-electron chi connectivity index (χ2n) is 6.15. The van der Waals surface area contributed by atoms with Gasteiger partial charge in [0.05, 0.1) is 25.3 Å². The maximum absolute atomic E-state index is 12.0. The van der Waals surface area contributed by atoms with Crippen LogP contribution in [-0.2, 0) is 23.9 Å². The van der Waals surface area contributed by atoms with E-state index in [-0.39, 0.29) is 18.3 Å². The predicted octanol–water partition coefficient (Wildman–Crippen LogP) is -2.67. The quantitative estimate of drug-likeness (QED) is 0.114. The summed E-state index contributed by atoms with van der Waals surface area (Å²) in [5.41, 5.74) is 10.8. The van der Waals surface area contributed by atoms with Crippen molar-refractivity contribution in [2.75, 3.05) is 13.2 Å². The number of carbonyl (C=O) groups is 3. The van der Waals surface area contributed by atoms with Gasteiger partial charge < -0.3 is 46.7 Å². The number of carboxylic acids is 1. The van der Waals surface area contributed by atoms with E-state index in [9.17, 15) is 33.0 Å². The van der Waals surface area contributed by atoms with Crippen molar-refractivity contribution in [2.24, 2.45) is 16.5 Å². The van der Waals surface area contributed by atoms with Crippen molar-refractivity contribution in [1.82, 2.24) is 5.32 Å². The van der Waals surface area contributed by atoms with Gasteiger partial charge in [0.2, 0.25) is 11.7 Å². The van der Waals surface area contributed by atoms with E-state index >= 15 is 0 Å². The van der Waals surface area contributed by atoms with E-state index in [1.165, 1.54) is 13.0 Å². The van der Waals surface area contributed by atoms with Gasteiger partial charge in [-0.3, -0.25) is 4.79 Å². The lowest BCUT2D eigenvalue weighted by Crippen LogP contribution is -2.59. The number of nitrogens with two attached hydrogens (primary N) is 2. The molecule has 0 saturated carbocycles. The van der Waals surface area contributed by atoms with E-state index < -0.39 is 61.0 Å². The molecule has 0 aromatic rings. The molecule has 0 bridgehead atoms. The van der Waals surface area contributed by atoms with Crippen LogP contribution in [0.2, 0.25) is 0 Å². The van der Waals surface area contributed by atoms with E-state index in [0.29, 0.717) is 0 Å². The summed E-state index contributed by atoms with van der Waals surface area (Å²) >= 11 is 0. The van der Waals surface area contributed by atoms with Gasteiger partial charge in [0, 0.05) is 6.92 Å². The number of alkyl halides is 3. The highest BCUT2D eigenvalue weighted by atomic mass is 19.4. The number of hydrogen-bond acceptors (Lipinski definition) is 9. The Kier molecular flexibility index (Phi) is 11.4. The lowest BCUT2D eigenvalue weighted by atomic mass is 9.92. The normalized spacial score (nSPS) is 22.0. The summed E-state index contributed by atoms with van der Waals surface area (Å²) in [6.07, 6.45) is -8.38. The zero-order valence-corrected chi connectivity index (χ0v) is 16.9. The SMILES string of the molecule is CCOC(=O)C1=C[C@H](N=C(N)N)[C@@H](NC(C)=O)[C@H]([C@H](O)[C@H](O)CO)O1.O=C(O)C(F)(F)F. The van der Waals surface area contributed by atoms with Crippen LogP contribution in [0, 0.1) is 0 Å². The molecular formula is C16H25F3N4O9. The van der Waals surface area contributed by atoms with E-state index in [1.54, 1.807) is 6.92 Å². The monoisotopic (exact) mass is 474 g/mol. The Balaban J connectivity index is 0.00000118. The summed E-state index contributed by atoms with van der Waals surface area (Å²) in [5.74, 6) is -4.67. The van der Waals surface area contributed by atoms with Crippen LogP contribution >= 0.6 is 0 Å². The lowest BCUT2D eigenvalue weighted by molar-refractivity contribution is -0.192. The number of aliphatic hydroxyl groups excluding tert-OH is 3. The minimum Gasteiger partial charge on any atom is -0.478 e. The number of rotatable bonds is 7. The molecule has 0 aromatic carbocycles. The van der Waals surface area contributed by atoms with Crippen molar-refractivity contribution < 1.29 is 57.5 Å². The smallest absolute Gasteiger partial charge is 0.478 e. The molecule has 9 N–H and O–H groups in total. The highest BCUT2D eigenvalue weighted by molar-refractivity contribution is 5.87. The predicted molar refractivity (Wildman–Crippen MR) is 99.6 cm³/mol. The van der Waals surface area contributed by atoms with Crippen molar-refractivity contribution in [3.63, 3.8) is 0 Å². The molecule has 1 aliphatic heterocycles. The lowest BCUT2D eigenvalue weighted by Gasteiger charge is -2.38. The zero-order valence-electron chi connectivity index (χ0n) is 16.9. The Morgan fingerprint density at radius 1 is 1.31 bits per heavy atom. The minimum absolute atomic E-state index is 0.0775. The first-order valence-electron chi connectivity index (χ1n) is 8.84. The summed E-state index contributed by atoms with van der Waals surface area (Å²) in [5, 5.41) is 38.6. The van der Waals surface area contributed by atoms with Gasteiger partial charge in [-0.05, 0) is 13.0 Å². The van der Waals surface area contributed by atoms with Gasteiger partial charge in [0.1, 0.15) is 18.3 Å². The first-order chi connectivity index (χ1) is 14.6. The van der Waals surface area contributed by atoms with Crippen molar-refractivity contribution >= 4 is 23.8 Å². The second kappa shape index (κ2) is 12.7. The second-order valence-corrected chi connectivity index (χ2v) is 6.15. The van der Waals surface area contributed by atoms with Crippen LogP contribution in [0.3, 0.4) is 0 Å².